The zero-order chi connectivity index (χ0) is 12.5. The average Bonchev–Trinajstić information content (AvgIpc) is 2.41. The summed E-state index contributed by atoms with van der Waals surface area (Å²) in [6.45, 7) is 0. The van der Waals surface area contributed by atoms with Crippen LogP contribution >= 0.6 is 0 Å². The van der Waals surface area contributed by atoms with Gasteiger partial charge in [-0.15, -0.1) is 0 Å². The Balaban J connectivity index is 2.14. The van der Waals surface area contributed by atoms with Gasteiger partial charge in [0, 0.05) is 18.0 Å². The van der Waals surface area contributed by atoms with E-state index >= 15 is 0 Å². The minimum Gasteiger partial charge on any atom is -0.504 e. The van der Waals surface area contributed by atoms with Crippen molar-refractivity contribution in [3.63, 3.8) is 0 Å². The van der Waals surface area contributed by atoms with Crippen molar-refractivity contribution in [2.75, 3.05) is 0 Å². The third-order valence-electron chi connectivity index (χ3n) is 3.78. The highest BCUT2D eigenvalue weighted by Gasteiger charge is 2.19. The molecule has 3 rings (SSSR count). The largest absolute Gasteiger partial charge is 0.504 e. The Labute approximate surface area is 105 Å². The number of nitrogens with zero attached hydrogens (tertiary/aromatic N) is 2. The molecule has 94 valence electrons. The van der Waals surface area contributed by atoms with E-state index in [-0.39, 0.29) is 11.3 Å². The van der Waals surface area contributed by atoms with E-state index in [0.717, 1.165) is 18.4 Å². The highest BCUT2D eigenvalue weighted by Crippen LogP contribution is 2.30. The van der Waals surface area contributed by atoms with Gasteiger partial charge in [-0.3, -0.25) is 9.20 Å². The second kappa shape index (κ2) is 4.44. The van der Waals surface area contributed by atoms with Gasteiger partial charge in [0.1, 0.15) is 0 Å². The minimum atomic E-state index is -0.0391. The first-order chi connectivity index (χ1) is 8.77. The standard InChI is InChI=1S/C14H16N2O2/c17-12-7-4-8-16-13(12)15-9-11(14(16)18)10-5-2-1-3-6-10/h4,7-10,17H,1-3,5-6H2. The van der Waals surface area contributed by atoms with Crippen LogP contribution in [0, 0.1) is 0 Å². The van der Waals surface area contributed by atoms with Crippen LogP contribution in [-0.2, 0) is 0 Å². The second-order valence-electron chi connectivity index (χ2n) is 4.94. The Kier molecular flexibility index (Phi) is 2.78. The van der Waals surface area contributed by atoms with E-state index in [0.29, 0.717) is 11.6 Å². The normalized spacial score (nSPS) is 17.1. The third kappa shape index (κ3) is 1.78. The lowest BCUT2D eigenvalue weighted by Gasteiger charge is -2.21. The van der Waals surface area contributed by atoms with Gasteiger partial charge < -0.3 is 5.11 Å². The van der Waals surface area contributed by atoms with Crippen molar-refractivity contribution in [3.8, 4) is 5.75 Å². The molecule has 2 heterocycles. The Morgan fingerprint density at radius 3 is 2.83 bits per heavy atom. The van der Waals surface area contributed by atoms with Gasteiger partial charge >= 0.3 is 0 Å². The molecule has 2 aromatic heterocycles. The van der Waals surface area contributed by atoms with Gasteiger partial charge in [0.05, 0.1) is 0 Å². The summed E-state index contributed by atoms with van der Waals surface area (Å²) in [5, 5.41) is 9.67. The van der Waals surface area contributed by atoms with Crippen molar-refractivity contribution in [1.82, 2.24) is 9.38 Å². The molecule has 0 spiro atoms. The maximum Gasteiger partial charge on any atom is 0.261 e. The van der Waals surface area contributed by atoms with Gasteiger partial charge in [0.15, 0.2) is 11.4 Å². The topological polar surface area (TPSA) is 54.6 Å². The fourth-order valence-corrected chi connectivity index (χ4v) is 2.80. The summed E-state index contributed by atoms with van der Waals surface area (Å²) in [5.74, 6) is 0.378. The van der Waals surface area contributed by atoms with Gasteiger partial charge in [0.25, 0.3) is 5.56 Å². The Hall–Kier alpha value is -1.84. The number of aromatic nitrogens is 2. The number of aromatic hydroxyl groups is 1. The first kappa shape index (κ1) is 11.3. The third-order valence-corrected chi connectivity index (χ3v) is 3.78. The Bertz CT molecular complexity index is 627. The molecule has 1 aliphatic carbocycles. The van der Waals surface area contributed by atoms with Crippen LogP contribution in [0.4, 0.5) is 0 Å². The summed E-state index contributed by atoms with van der Waals surface area (Å²) < 4.78 is 1.44. The van der Waals surface area contributed by atoms with Crippen molar-refractivity contribution in [1.29, 1.82) is 0 Å². The fraction of sp³-hybridized carbons (Fsp3) is 0.429. The summed E-state index contributed by atoms with van der Waals surface area (Å²) in [5.41, 5.74) is 1.09. The molecule has 0 saturated heterocycles. The maximum atomic E-state index is 12.4. The van der Waals surface area contributed by atoms with Crippen LogP contribution in [0.1, 0.15) is 43.6 Å². The summed E-state index contributed by atoms with van der Waals surface area (Å²) in [6, 6.07) is 3.21. The summed E-state index contributed by atoms with van der Waals surface area (Å²) in [6.07, 6.45) is 9.09. The van der Waals surface area contributed by atoms with Crippen LogP contribution in [0.3, 0.4) is 0 Å². The molecule has 1 aliphatic rings. The van der Waals surface area contributed by atoms with Crippen LogP contribution in [0.5, 0.6) is 5.75 Å². The quantitative estimate of drug-likeness (QED) is 0.838. The smallest absolute Gasteiger partial charge is 0.261 e. The zero-order valence-electron chi connectivity index (χ0n) is 10.2. The number of pyridine rings is 1. The monoisotopic (exact) mass is 244 g/mol. The molecule has 4 heteroatoms. The van der Waals surface area contributed by atoms with Gasteiger partial charge in [-0.05, 0) is 30.9 Å². The number of hydrogen-bond acceptors (Lipinski definition) is 3. The van der Waals surface area contributed by atoms with Crippen molar-refractivity contribution < 1.29 is 5.11 Å². The molecule has 0 aliphatic heterocycles. The predicted octanol–water partition coefficient (Wildman–Crippen LogP) is 2.45. The van der Waals surface area contributed by atoms with Crippen molar-refractivity contribution >= 4 is 5.65 Å². The Morgan fingerprint density at radius 2 is 2.06 bits per heavy atom. The van der Waals surface area contributed by atoms with Crippen molar-refractivity contribution in [2.45, 2.75) is 38.0 Å². The van der Waals surface area contributed by atoms with Gasteiger partial charge in [0.2, 0.25) is 0 Å². The van der Waals surface area contributed by atoms with Crippen LogP contribution in [0.2, 0.25) is 0 Å². The lowest BCUT2D eigenvalue weighted by Crippen LogP contribution is -2.22. The molecule has 4 nitrogen and oxygen atoms in total. The number of fused-ring (bicyclic) bond motifs is 1. The van der Waals surface area contributed by atoms with E-state index in [1.54, 1.807) is 24.5 Å². The van der Waals surface area contributed by atoms with Crippen molar-refractivity contribution in [2.24, 2.45) is 0 Å². The van der Waals surface area contributed by atoms with Crippen LogP contribution in [0.15, 0.2) is 29.3 Å². The Morgan fingerprint density at radius 1 is 1.28 bits per heavy atom. The molecule has 1 fully saturated rings. The van der Waals surface area contributed by atoms with Gasteiger partial charge in [-0.2, -0.15) is 0 Å². The minimum absolute atomic E-state index is 0.0391. The van der Waals surface area contributed by atoms with E-state index < -0.39 is 0 Å². The SMILES string of the molecule is O=c1c(C2CCCCC2)cnc2c(O)cccn12. The van der Waals surface area contributed by atoms with Gasteiger partial charge in [-0.1, -0.05) is 19.3 Å². The van der Waals surface area contributed by atoms with Crippen LogP contribution in [0.25, 0.3) is 5.65 Å². The average molecular weight is 244 g/mol. The lowest BCUT2D eigenvalue weighted by atomic mass is 9.85. The highest BCUT2D eigenvalue weighted by atomic mass is 16.3. The lowest BCUT2D eigenvalue weighted by molar-refractivity contribution is 0.439. The molecule has 0 unspecified atom stereocenters. The first-order valence-corrected chi connectivity index (χ1v) is 6.46. The second-order valence-corrected chi connectivity index (χ2v) is 4.94. The summed E-state index contributed by atoms with van der Waals surface area (Å²) in [4.78, 5) is 16.6. The summed E-state index contributed by atoms with van der Waals surface area (Å²) >= 11 is 0. The molecule has 2 aromatic rings. The highest BCUT2D eigenvalue weighted by molar-refractivity contribution is 5.52. The molecule has 0 bridgehead atoms. The van der Waals surface area contributed by atoms with Crippen LogP contribution in [-0.4, -0.2) is 14.5 Å². The molecular formula is C14H16N2O2. The molecule has 18 heavy (non-hydrogen) atoms. The van der Waals surface area contributed by atoms with E-state index in [2.05, 4.69) is 4.98 Å². The molecule has 1 saturated carbocycles. The molecule has 0 radical (unpaired) electrons. The van der Waals surface area contributed by atoms with E-state index in [9.17, 15) is 9.90 Å². The van der Waals surface area contributed by atoms with E-state index in [1.807, 2.05) is 0 Å². The summed E-state index contributed by atoms with van der Waals surface area (Å²) in [7, 11) is 0. The number of hydrogen-bond donors (Lipinski definition) is 1. The molecule has 0 amide bonds. The van der Waals surface area contributed by atoms with Gasteiger partial charge in [-0.25, -0.2) is 4.98 Å². The first-order valence-electron chi connectivity index (χ1n) is 6.46. The fourth-order valence-electron chi connectivity index (χ4n) is 2.80. The molecule has 0 atom stereocenters. The molecule has 1 N–H and O–H groups in total. The number of rotatable bonds is 1. The zero-order valence-corrected chi connectivity index (χ0v) is 10.2. The predicted molar refractivity (Wildman–Crippen MR) is 69.0 cm³/mol. The molecule has 0 aromatic carbocycles. The van der Waals surface area contributed by atoms with Crippen molar-refractivity contribution in [3.05, 3.63) is 40.4 Å². The van der Waals surface area contributed by atoms with E-state index in [1.165, 1.54) is 23.7 Å². The molecular weight excluding hydrogens is 228 g/mol. The van der Waals surface area contributed by atoms with E-state index in [4.69, 9.17) is 0 Å². The van der Waals surface area contributed by atoms with Crippen LogP contribution < -0.4 is 5.56 Å². The maximum absolute atomic E-state index is 12.4.